The van der Waals surface area contributed by atoms with Crippen molar-refractivity contribution in [1.82, 2.24) is 4.98 Å². The van der Waals surface area contributed by atoms with Crippen molar-refractivity contribution in [3.8, 4) is 0 Å². The Morgan fingerprint density at radius 1 is 1.45 bits per heavy atom. The van der Waals surface area contributed by atoms with Crippen molar-refractivity contribution >= 4 is 22.1 Å². The zero-order chi connectivity index (χ0) is 15.1. The number of hydrogen-bond acceptors (Lipinski definition) is 5. The summed E-state index contributed by atoms with van der Waals surface area (Å²) in [6, 6.07) is -0.582. The van der Waals surface area contributed by atoms with Gasteiger partial charge in [0.1, 0.15) is 6.26 Å². The van der Waals surface area contributed by atoms with Crippen LogP contribution in [0.15, 0.2) is 10.7 Å². The highest BCUT2D eigenvalue weighted by atomic mass is 32.3. The lowest BCUT2D eigenvalue weighted by Gasteiger charge is -2.10. The monoisotopic (exact) mass is 316 g/mol. The van der Waals surface area contributed by atoms with Gasteiger partial charge >= 0.3 is 22.4 Å². The van der Waals surface area contributed by atoms with Crippen LogP contribution in [0.25, 0.3) is 0 Å². The van der Waals surface area contributed by atoms with E-state index in [4.69, 9.17) is 0 Å². The molecule has 112 valence electrons. The van der Waals surface area contributed by atoms with Gasteiger partial charge in [-0.1, -0.05) is 0 Å². The summed E-state index contributed by atoms with van der Waals surface area (Å²) in [5, 5.41) is 0. The first-order valence-electron chi connectivity index (χ1n) is 5.31. The van der Waals surface area contributed by atoms with E-state index in [2.05, 4.69) is 9.40 Å². The van der Waals surface area contributed by atoms with Crippen LogP contribution in [0, 0.1) is 5.92 Å². The molecule has 0 aliphatic carbocycles. The fourth-order valence-electron chi connectivity index (χ4n) is 1.88. The Balaban J connectivity index is 2.14. The van der Waals surface area contributed by atoms with Crippen LogP contribution in [0.3, 0.4) is 0 Å². The maximum Gasteiger partial charge on any atom is 0.436 e. The molecule has 1 aromatic rings. The minimum absolute atomic E-state index is 0.264. The van der Waals surface area contributed by atoms with Crippen molar-refractivity contribution < 1.29 is 34.7 Å². The summed E-state index contributed by atoms with van der Waals surface area (Å²) in [6.07, 6.45) is -4.67. The van der Waals surface area contributed by atoms with E-state index in [-0.39, 0.29) is 13.0 Å². The van der Waals surface area contributed by atoms with E-state index in [0.717, 1.165) is 4.90 Å². The Morgan fingerprint density at radius 2 is 2.10 bits per heavy atom. The zero-order valence-corrected chi connectivity index (χ0v) is 10.5. The molecule has 20 heavy (non-hydrogen) atoms. The second kappa shape index (κ2) is 4.72. The highest BCUT2D eigenvalue weighted by Crippen LogP contribution is 2.32. The summed E-state index contributed by atoms with van der Waals surface area (Å²) in [6.45, 7) is -0.264. The van der Waals surface area contributed by atoms with E-state index >= 15 is 0 Å². The molecule has 0 saturated carbocycles. The summed E-state index contributed by atoms with van der Waals surface area (Å²) in [5.74, 6) is -2.39. The van der Waals surface area contributed by atoms with Gasteiger partial charge in [-0.25, -0.2) is 0 Å². The van der Waals surface area contributed by atoms with Crippen LogP contribution in [-0.4, -0.2) is 31.6 Å². The first kappa shape index (κ1) is 14.8. The Bertz CT molecular complexity index is 624. The number of halogens is 4. The smallest absolute Gasteiger partial charge is 0.431 e. The second-order valence-electron chi connectivity index (χ2n) is 4.29. The van der Waals surface area contributed by atoms with Crippen LogP contribution in [0.2, 0.25) is 0 Å². The number of amides is 1. The largest absolute Gasteiger partial charge is 0.436 e. The lowest BCUT2D eigenvalue weighted by Crippen LogP contribution is -2.26. The molecule has 0 bridgehead atoms. The number of carbonyl (C=O) groups excluding carboxylic acids is 1. The molecular formula is C9H8F4N2O4S. The van der Waals surface area contributed by atoms with Gasteiger partial charge in [0.25, 0.3) is 0 Å². The van der Waals surface area contributed by atoms with Gasteiger partial charge in [-0.2, -0.15) is 26.6 Å². The van der Waals surface area contributed by atoms with Crippen LogP contribution in [0.4, 0.5) is 23.1 Å². The van der Waals surface area contributed by atoms with E-state index in [1.807, 2.05) is 0 Å². The summed E-state index contributed by atoms with van der Waals surface area (Å²) < 4.78 is 75.0. The third-order valence-electron chi connectivity index (χ3n) is 2.65. The molecule has 2 heterocycles. The maximum atomic E-state index is 12.5. The standard InChI is InChI=1S/C9H8F4N2O4S/c10-9(11,12)6-3-19-8(14-6)15-2-5(1-7(15)16)4-20(13,17)18/h3,5H,1-2,4H2. The lowest BCUT2D eigenvalue weighted by atomic mass is 10.1. The first-order chi connectivity index (χ1) is 9.06. The average molecular weight is 316 g/mol. The number of hydrogen-bond donors (Lipinski definition) is 0. The van der Waals surface area contributed by atoms with Gasteiger partial charge in [0.05, 0.1) is 5.75 Å². The first-order valence-corrected chi connectivity index (χ1v) is 6.87. The Labute approximate surface area is 110 Å². The number of rotatable bonds is 3. The molecule has 1 aromatic heterocycles. The molecule has 11 heteroatoms. The summed E-state index contributed by atoms with van der Waals surface area (Å²) in [4.78, 5) is 15.4. The average Bonchev–Trinajstić information content (AvgIpc) is 2.81. The third kappa shape index (κ3) is 3.26. The van der Waals surface area contributed by atoms with Crippen molar-refractivity contribution in [2.75, 3.05) is 17.2 Å². The predicted molar refractivity (Wildman–Crippen MR) is 56.9 cm³/mol. The quantitative estimate of drug-likeness (QED) is 0.621. The van der Waals surface area contributed by atoms with Gasteiger partial charge in [0, 0.05) is 18.9 Å². The number of carbonyl (C=O) groups is 1. The fraction of sp³-hybridized carbons (Fsp3) is 0.556. The predicted octanol–water partition coefficient (Wildman–Crippen LogP) is 1.35. The summed E-state index contributed by atoms with van der Waals surface area (Å²) in [7, 11) is -4.76. The number of nitrogens with zero attached hydrogens (tertiary/aromatic N) is 2. The third-order valence-corrected chi connectivity index (χ3v) is 3.52. The normalized spacial score (nSPS) is 20.7. The van der Waals surface area contributed by atoms with Gasteiger partial charge in [-0.3, -0.25) is 9.69 Å². The van der Waals surface area contributed by atoms with Crippen LogP contribution < -0.4 is 4.90 Å². The highest BCUT2D eigenvalue weighted by Gasteiger charge is 2.39. The molecule has 1 saturated heterocycles. The van der Waals surface area contributed by atoms with Gasteiger partial charge in [-0.05, 0) is 0 Å². The molecule has 1 fully saturated rings. The van der Waals surface area contributed by atoms with E-state index < -0.39 is 45.7 Å². The van der Waals surface area contributed by atoms with Crippen LogP contribution in [0.5, 0.6) is 0 Å². The van der Waals surface area contributed by atoms with E-state index in [1.165, 1.54) is 0 Å². The molecule has 1 atom stereocenters. The number of alkyl halides is 3. The van der Waals surface area contributed by atoms with Gasteiger partial charge < -0.3 is 4.42 Å². The lowest BCUT2D eigenvalue weighted by molar-refractivity contribution is -0.141. The highest BCUT2D eigenvalue weighted by molar-refractivity contribution is 7.86. The van der Waals surface area contributed by atoms with Crippen molar-refractivity contribution in [2.45, 2.75) is 12.6 Å². The molecule has 2 rings (SSSR count). The number of anilines is 1. The van der Waals surface area contributed by atoms with E-state index in [1.54, 1.807) is 0 Å². The minimum atomic E-state index is -4.76. The van der Waals surface area contributed by atoms with Crippen LogP contribution in [-0.2, 0) is 21.2 Å². The molecule has 0 spiro atoms. The van der Waals surface area contributed by atoms with Crippen molar-refractivity contribution in [3.05, 3.63) is 12.0 Å². The minimum Gasteiger partial charge on any atom is -0.431 e. The summed E-state index contributed by atoms with van der Waals surface area (Å²) in [5.41, 5.74) is -1.30. The van der Waals surface area contributed by atoms with Gasteiger partial charge in [0.15, 0.2) is 5.69 Å². The molecule has 0 radical (unpaired) electrons. The molecule has 1 aliphatic heterocycles. The Morgan fingerprint density at radius 3 is 2.60 bits per heavy atom. The Hall–Kier alpha value is -1.65. The molecule has 1 amide bonds. The van der Waals surface area contributed by atoms with Gasteiger partial charge in [0.2, 0.25) is 5.91 Å². The van der Waals surface area contributed by atoms with Crippen LogP contribution >= 0.6 is 0 Å². The molecule has 1 unspecified atom stereocenters. The summed E-state index contributed by atoms with van der Waals surface area (Å²) >= 11 is 0. The van der Waals surface area contributed by atoms with E-state index in [0.29, 0.717) is 6.26 Å². The Kier molecular flexibility index (Phi) is 3.48. The molecular weight excluding hydrogens is 308 g/mol. The molecule has 0 N–H and O–H groups in total. The van der Waals surface area contributed by atoms with Crippen molar-refractivity contribution in [3.63, 3.8) is 0 Å². The fourth-order valence-corrected chi connectivity index (χ4v) is 2.66. The second-order valence-corrected chi connectivity index (χ2v) is 5.70. The number of oxazole rings is 1. The number of aromatic nitrogens is 1. The molecule has 6 nitrogen and oxygen atoms in total. The molecule has 0 aromatic carbocycles. The topological polar surface area (TPSA) is 80.5 Å². The van der Waals surface area contributed by atoms with Crippen molar-refractivity contribution in [2.24, 2.45) is 5.92 Å². The maximum absolute atomic E-state index is 12.5. The van der Waals surface area contributed by atoms with Gasteiger partial charge in [-0.15, -0.1) is 3.89 Å². The SMILES string of the molecule is O=C1CC(CS(=O)(=O)F)CN1c1nc(C(F)(F)F)co1. The molecule has 1 aliphatic rings. The zero-order valence-electron chi connectivity index (χ0n) is 9.72. The van der Waals surface area contributed by atoms with Crippen molar-refractivity contribution in [1.29, 1.82) is 0 Å². The van der Waals surface area contributed by atoms with Crippen LogP contribution in [0.1, 0.15) is 12.1 Å². The van der Waals surface area contributed by atoms with E-state index in [9.17, 15) is 30.3 Å².